The topological polar surface area (TPSA) is 93.1 Å². The van der Waals surface area contributed by atoms with Gasteiger partial charge in [0.25, 0.3) is 0 Å². The minimum atomic E-state index is -0.967. The maximum atomic E-state index is 11.9. The van der Waals surface area contributed by atoms with Crippen molar-refractivity contribution in [3.05, 3.63) is 18.2 Å². The molecule has 0 aliphatic carbocycles. The maximum absolute atomic E-state index is 11.9. The Morgan fingerprint density at radius 3 is 2.90 bits per heavy atom. The molecule has 20 heavy (non-hydrogen) atoms. The van der Waals surface area contributed by atoms with Crippen LogP contribution in [-0.4, -0.2) is 52.8 Å². The minimum absolute atomic E-state index is 0.124. The molecule has 1 fully saturated rings. The minimum Gasteiger partial charge on any atom is -0.508 e. The molecule has 2 aliphatic heterocycles. The molecule has 1 saturated heterocycles. The molecule has 2 amide bonds. The summed E-state index contributed by atoms with van der Waals surface area (Å²) < 4.78 is 0. The van der Waals surface area contributed by atoms with E-state index in [2.05, 4.69) is 5.32 Å². The van der Waals surface area contributed by atoms with Gasteiger partial charge in [-0.15, -0.1) is 0 Å². The van der Waals surface area contributed by atoms with Crippen LogP contribution in [0.15, 0.2) is 18.2 Å². The number of anilines is 2. The van der Waals surface area contributed by atoms with E-state index in [0.29, 0.717) is 18.8 Å². The first kappa shape index (κ1) is 12.6. The first-order valence-electron chi connectivity index (χ1n) is 6.42. The molecular formula is C13H15N3O4. The van der Waals surface area contributed by atoms with Crippen molar-refractivity contribution < 1.29 is 19.8 Å². The summed E-state index contributed by atoms with van der Waals surface area (Å²) in [5.41, 5.74) is 1.39. The Morgan fingerprint density at radius 1 is 1.35 bits per heavy atom. The molecule has 1 aromatic carbocycles. The van der Waals surface area contributed by atoms with Gasteiger partial charge in [0, 0.05) is 32.1 Å². The van der Waals surface area contributed by atoms with Crippen LogP contribution in [0.1, 0.15) is 6.42 Å². The van der Waals surface area contributed by atoms with Crippen molar-refractivity contribution in [1.29, 1.82) is 0 Å². The number of benzene rings is 1. The number of rotatable bonds is 0. The van der Waals surface area contributed by atoms with Crippen molar-refractivity contribution in [2.45, 2.75) is 12.5 Å². The van der Waals surface area contributed by atoms with Gasteiger partial charge in [-0.05, 0) is 12.1 Å². The quantitative estimate of drug-likeness (QED) is 0.613. The summed E-state index contributed by atoms with van der Waals surface area (Å²) in [5.74, 6) is -0.0176. The van der Waals surface area contributed by atoms with Crippen molar-refractivity contribution in [2.24, 2.45) is 0 Å². The average molecular weight is 277 g/mol. The summed E-state index contributed by atoms with van der Waals surface area (Å²) in [6.07, 6.45) is -0.732. The van der Waals surface area contributed by atoms with Gasteiger partial charge < -0.3 is 25.3 Å². The number of nitrogens with one attached hydrogen (secondary N) is 1. The van der Waals surface area contributed by atoms with E-state index in [9.17, 15) is 14.7 Å². The summed E-state index contributed by atoms with van der Waals surface area (Å²) in [6, 6.07) is 4.58. The van der Waals surface area contributed by atoms with Gasteiger partial charge in [-0.1, -0.05) is 0 Å². The fourth-order valence-corrected chi connectivity index (χ4v) is 2.80. The highest BCUT2D eigenvalue weighted by Crippen LogP contribution is 2.35. The Bertz CT molecular complexity index is 575. The van der Waals surface area contributed by atoms with E-state index in [4.69, 9.17) is 5.11 Å². The van der Waals surface area contributed by atoms with Crippen LogP contribution in [0.4, 0.5) is 16.2 Å². The lowest BCUT2D eigenvalue weighted by atomic mass is 10.1. The van der Waals surface area contributed by atoms with E-state index >= 15 is 0 Å². The third kappa shape index (κ3) is 2.11. The Morgan fingerprint density at radius 2 is 2.15 bits per heavy atom. The van der Waals surface area contributed by atoms with Gasteiger partial charge in [0.2, 0.25) is 5.91 Å². The molecule has 106 valence electrons. The lowest BCUT2D eigenvalue weighted by Crippen LogP contribution is -2.54. The number of hydrogen-bond donors (Lipinski definition) is 3. The van der Waals surface area contributed by atoms with Gasteiger partial charge in [-0.3, -0.25) is 4.79 Å². The second kappa shape index (κ2) is 4.59. The molecule has 0 spiro atoms. The summed E-state index contributed by atoms with van der Waals surface area (Å²) in [5, 5.41) is 21.5. The normalized spacial score (nSPS) is 21.6. The molecule has 3 rings (SSSR count). The number of phenolic OH excluding ortho intramolecular Hbond substituents is 1. The average Bonchev–Trinajstić information content (AvgIpc) is 2.53. The van der Waals surface area contributed by atoms with Crippen molar-refractivity contribution >= 4 is 23.4 Å². The van der Waals surface area contributed by atoms with Crippen molar-refractivity contribution in [3.63, 3.8) is 0 Å². The number of piperazine rings is 1. The van der Waals surface area contributed by atoms with E-state index in [1.54, 1.807) is 12.1 Å². The van der Waals surface area contributed by atoms with E-state index in [1.807, 2.05) is 4.90 Å². The van der Waals surface area contributed by atoms with Crippen LogP contribution in [0.25, 0.3) is 0 Å². The molecule has 0 unspecified atom stereocenters. The SMILES string of the molecule is O=C1C[C@@H]2CN(C(=O)O)CCN2c2cc(O)ccc2N1. The fraction of sp³-hybridized carbons (Fsp3) is 0.385. The number of amides is 2. The summed E-state index contributed by atoms with van der Waals surface area (Å²) in [6.45, 7) is 1.18. The highest BCUT2D eigenvalue weighted by atomic mass is 16.4. The fourth-order valence-electron chi connectivity index (χ4n) is 2.80. The van der Waals surface area contributed by atoms with E-state index in [0.717, 1.165) is 5.69 Å². The van der Waals surface area contributed by atoms with Crippen molar-refractivity contribution in [3.8, 4) is 5.75 Å². The third-order valence-corrected chi connectivity index (χ3v) is 3.74. The first-order valence-corrected chi connectivity index (χ1v) is 6.42. The van der Waals surface area contributed by atoms with Crippen LogP contribution in [-0.2, 0) is 4.79 Å². The summed E-state index contributed by atoms with van der Waals surface area (Å²) in [7, 11) is 0. The highest BCUT2D eigenvalue weighted by molar-refractivity contribution is 5.97. The molecule has 1 atom stereocenters. The van der Waals surface area contributed by atoms with Gasteiger partial charge >= 0.3 is 6.09 Å². The summed E-state index contributed by atoms with van der Waals surface area (Å²) >= 11 is 0. The lowest BCUT2D eigenvalue weighted by Gasteiger charge is -2.40. The predicted octanol–water partition coefficient (Wildman–Crippen LogP) is 0.903. The zero-order chi connectivity index (χ0) is 14.3. The zero-order valence-electron chi connectivity index (χ0n) is 10.7. The van der Waals surface area contributed by atoms with Crippen LogP contribution in [0.3, 0.4) is 0 Å². The monoisotopic (exact) mass is 277 g/mol. The molecule has 2 heterocycles. The van der Waals surface area contributed by atoms with Gasteiger partial charge in [-0.2, -0.15) is 0 Å². The second-order valence-electron chi connectivity index (χ2n) is 5.03. The largest absolute Gasteiger partial charge is 0.508 e. The Balaban J connectivity index is 1.97. The smallest absolute Gasteiger partial charge is 0.407 e. The number of aromatic hydroxyl groups is 1. The standard InChI is InChI=1S/C13H15N3O4/c17-9-1-2-10-11(6-9)16-4-3-15(13(19)20)7-8(16)5-12(18)14-10/h1-2,6,8,17H,3-5,7H2,(H,14,18)(H,19,20)/t8-/m1/s1. The van der Waals surface area contributed by atoms with Crippen LogP contribution < -0.4 is 10.2 Å². The van der Waals surface area contributed by atoms with Gasteiger partial charge in [0.1, 0.15) is 5.75 Å². The highest BCUT2D eigenvalue weighted by Gasteiger charge is 2.34. The van der Waals surface area contributed by atoms with Crippen molar-refractivity contribution in [1.82, 2.24) is 4.90 Å². The number of carboxylic acid groups (broad SMARTS) is 1. The Kier molecular flexibility index (Phi) is 2.89. The third-order valence-electron chi connectivity index (χ3n) is 3.74. The number of fused-ring (bicyclic) bond motifs is 3. The second-order valence-corrected chi connectivity index (χ2v) is 5.03. The van der Waals surface area contributed by atoms with Gasteiger partial charge in [0.05, 0.1) is 17.4 Å². The van der Waals surface area contributed by atoms with E-state index in [1.165, 1.54) is 11.0 Å². The first-order chi connectivity index (χ1) is 9.54. The van der Waals surface area contributed by atoms with Gasteiger partial charge in [0.15, 0.2) is 0 Å². The van der Waals surface area contributed by atoms with Crippen LogP contribution in [0.5, 0.6) is 5.75 Å². The van der Waals surface area contributed by atoms with Crippen LogP contribution in [0.2, 0.25) is 0 Å². The number of hydrogen-bond acceptors (Lipinski definition) is 4. The lowest BCUT2D eigenvalue weighted by molar-refractivity contribution is -0.116. The number of carbonyl (C=O) groups is 2. The zero-order valence-corrected chi connectivity index (χ0v) is 10.7. The van der Waals surface area contributed by atoms with Crippen LogP contribution >= 0.6 is 0 Å². The summed E-state index contributed by atoms with van der Waals surface area (Å²) in [4.78, 5) is 26.3. The van der Waals surface area contributed by atoms with Crippen molar-refractivity contribution in [2.75, 3.05) is 29.9 Å². The number of phenols is 1. The maximum Gasteiger partial charge on any atom is 0.407 e. The molecule has 0 saturated carbocycles. The molecule has 3 N–H and O–H groups in total. The molecule has 7 nitrogen and oxygen atoms in total. The molecule has 1 aromatic rings. The Labute approximate surface area is 115 Å². The molecule has 2 aliphatic rings. The van der Waals surface area contributed by atoms with Gasteiger partial charge in [-0.25, -0.2) is 4.79 Å². The predicted molar refractivity (Wildman–Crippen MR) is 72.1 cm³/mol. The van der Waals surface area contributed by atoms with Crippen LogP contribution in [0, 0.1) is 0 Å². The molecule has 0 radical (unpaired) electrons. The number of carbonyl (C=O) groups excluding carboxylic acids is 1. The Hall–Kier alpha value is -2.44. The molecular weight excluding hydrogens is 262 g/mol. The van der Waals surface area contributed by atoms with E-state index in [-0.39, 0.29) is 30.7 Å². The molecule has 7 heteroatoms. The number of nitrogens with zero attached hydrogens (tertiary/aromatic N) is 2. The molecule has 0 bridgehead atoms. The molecule has 0 aromatic heterocycles. The van der Waals surface area contributed by atoms with E-state index < -0.39 is 6.09 Å².